The molecule has 0 bridgehead atoms. The van der Waals surface area contributed by atoms with E-state index in [-0.39, 0.29) is 0 Å². The second kappa shape index (κ2) is 5.54. The van der Waals surface area contributed by atoms with Gasteiger partial charge in [-0.1, -0.05) is 0 Å². The second-order valence-electron chi connectivity index (χ2n) is 3.21. The van der Waals surface area contributed by atoms with Crippen molar-refractivity contribution in [2.24, 2.45) is 5.73 Å². The predicted molar refractivity (Wildman–Crippen MR) is 55.3 cm³/mol. The van der Waals surface area contributed by atoms with Gasteiger partial charge in [-0.25, -0.2) is 0 Å². The number of hydrogen-bond acceptors (Lipinski definition) is 3. The van der Waals surface area contributed by atoms with E-state index in [0.29, 0.717) is 12.1 Å². The zero-order chi connectivity index (χ0) is 10.4. The summed E-state index contributed by atoms with van der Waals surface area (Å²) in [6.45, 7) is 4.18. The maximum Gasteiger partial charge on any atom is 0.147 e. The SMILES string of the molecule is C/C(=C/C(C)=C(\C=O)CN)N(C)C. The van der Waals surface area contributed by atoms with Crippen LogP contribution >= 0.6 is 0 Å². The molecule has 0 rings (SSSR count). The van der Waals surface area contributed by atoms with Crippen LogP contribution in [0.15, 0.2) is 22.9 Å². The Morgan fingerprint density at radius 1 is 1.38 bits per heavy atom. The highest BCUT2D eigenvalue weighted by atomic mass is 16.1. The largest absolute Gasteiger partial charge is 0.381 e. The zero-order valence-corrected chi connectivity index (χ0v) is 8.79. The van der Waals surface area contributed by atoms with E-state index in [0.717, 1.165) is 17.6 Å². The summed E-state index contributed by atoms with van der Waals surface area (Å²) in [5.41, 5.74) is 8.09. The third-order valence-electron chi connectivity index (χ3n) is 2.00. The van der Waals surface area contributed by atoms with Gasteiger partial charge in [0.1, 0.15) is 6.29 Å². The van der Waals surface area contributed by atoms with Gasteiger partial charge < -0.3 is 10.6 Å². The Morgan fingerprint density at radius 3 is 2.23 bits per heavy atom. The Kier molecular flexibility index (Phi) is 5.07. The van der Waals surface area contributed by atoms with E-state index in [1.807, 2.05) is 38.9 Å². The Morgan fingerprint density at radius 2 is 1.92 bits per heavy atom. The van der Waals surface area contributed by atoms with Crippen molar-refractivity contribution in [3.8, 4) is 0 Å². The predicted octanol–water partition coefficient (Wildman–Crippen LogP) is 0.926. The molecule has 0 fully saturated rings. The molecule has 0 spiro atoms. The number of hydrogen-bond donors (Lipinski definition) is 1. The summed E-state index contributed by atoms with van der Waals surface area (Å²) in [5, 5.41) is 0. The summed E-state index contributed by atoms with van der Waals surface area (Å²) in [6, 6.07) is 0. The van der Waals surface area contributed by atoms with E-state index in [1.54, 1.807) is 0 Å². The van der Waals surface area contributed by atoms with Gasteiger partial charge in [-0.05, 0) is 25.5 Å². The first kappa shape index (κ1) is 11.9. The van der Waals surface area contributed by atoms with Crippen LogP contribution in [0.1, 0.15) is 13.8 Å². The first-order valence-electron chi connectivity index (χ1n) is 4.23. The van der Waals surface area contributed by atoms with Gasteiger partial charge >= 0.3 is 0 Å². The molecule has 0 aromatic carbocycles. The minimum atomic E-state index is 0.298. The summed E-state index contributed by atoms with van der Waals surface area (Å²) < 4.78 is 0. The summed E-state index contributed by atoms with van der Waals surface area (Å²) >= 11 is 0. The lowest BCUT2D eigenvalue weighted by Crippen LogP contribution is -2.10. The molecule has 0 aliphatic heterocycles. The number of nitrogens with two attached hydrogens (primary N) is 1. The van der Waals surface area contributed by atoms with Gasteiger partial charge in [0.15, 0.2) is 0 Å². The molecule has 0 saturated carbocycles. The van der Waals surface area contributed by atoms with Gasteiger partial charge in [-0.15, -0.1) is 0 Å². The molecule has 0 unspecified atom stereocenters. The van der Waals surface area contributed by atoms with Crippen molar-refractivity contribution in [3.63, 3.8) is 0 Å². The minimum absolute atomic E-state index is 0.298. The maximum absolute atomic E-state index is 10.5. The second-order valence-corrected chi connectivity index (χ2v) is 3.21. The van der Waals surface area contributed by atoms with Crippen LogP contribution in [0, 0.1) is 0 Å². The lowest BCUT2D eigenvalue weighted by Gasteiger charge is -2.13. The molecule has 0 aromatic heterocycles. The molecule has 2 N–H and O–H groups in total. The normalized spacial score (nSPS) is 13.8. The summed E-state index contributed by atoms with van der Waals surface area (Å²) in [4.78, 5) is 12.5. The fraction of sp³-hybridized carbons (Fsp3) is 0.500. The average molecular weight is 182 g/mol. The molecule has 0 saturated heterocycles. The van der Waals surface area contributed by atoms with Gasteiger partial charge in [0.2, 0.25) is 0 Å². The fourth-order valence-corrected chi connectivity index (χ4v) is 0.837. The molecule has 0 heterocycles. The van der Waals surface area contributed by atoms with Crippen LogP contribution in [0.25, 0.3) is 0 Å². The van der Waals surface area contributed by atoms with Crippen LogP contribution in [0.3, 0.4) is 0 Å². The Labute approximate surface area is 79.9 Å². The zero-order valence-electron chi connectivity index (χ0n) is 8.79. The molecule has 3 heteroatoms. The van der Waals surface area contributed by atoms with Crippen molar-refractivity contribution in [2.45, 2.75) is 13.8 Å². The molecule has 0 aromatic rings. The first-order chi connectivity index (χ1) is 6.02. The van der Waals surface area contributed by atoms with Crippen LogP contribution in [-0.2, 0) is 4.79 Å². The third kappa shape index (κ3) is 3.90. The van der Waals surface area contributed by atoms with E-state index in [9.17, 15) is 4.79 Å². The molecule has 0 amide bonds. The van der Waals surface area contributed by atoms with Gasteiger partial charge in [0, 0.05) is 31.9 Å². The van der Waals surface area contributed by atoms with Crippen LogP contribution in [0.4, 0.5) is 0 Å². The highest BCUT2D eigenvalue weighted by Crippen LogP contribution is 2.07. The average Bonchev–Trinajstić information content (AvgIpc) is 2.06. The fourth-order valence-electron chi connectivity index (χ4n) is 0.837. The lowest BCUT2D eigenvalue weighted by atomic mass is 10.1. The van der Waals surface area contributed by atoms with E-state index in [1.165, 1.54) is 0 Å². The molecule has 74 valence electrons. The number of aldehydes is 1. The molecule has 0 radical (unpaired) electrons. The number of rotatable bonds is 4. The smallest absolute Gasteiger partial charge is 0.147 e. The van der Waals surface area contributed by atoms with Gasteiger partial charge in [-0.2, -0.15) is 0 Å². The van der Waals surface area contributed by atoms with Crippen LogP contribution < -0.4 is 5.73 Å². The number of nitrogens with zero attached hydrogens (tertiary/aromatic N) is 1. The third-order valence-corrected chi connectivity index (χ3v) is 2.00. The topological polar surface area (TPSA) is 46.3 Å². The van der Waals surface area contributed by atoms with E-state index >= 15 is 0 Å². The standard InChI is InChI=1S/C10H18N2O/c1-8(10(6-11)7-13)5-9(2)12(3)4/h5,7H,6,11H2,1-4H3/b9-5-,10-8-. The van der Waals surface area contributed by atoms with Crippen molar-refractivity contribution in [1.82, 2.24) is 4.90 Å². The summed E-state index contributed by atoms with van der Waals surface area (Å²) in [5.74, 6) is 0. The monoisotopic (exact) mass is 182 g/mol. The maximum atomic E-state index is 10.5. The van der Waals surface area contributed by atoms with Crippen molar-refractivity contribution in [2.75, 3.05) is 20.6 Å². The quantitative estimate of drug-likeness (QED) is 0.399. The van der Waals surface area contributed by atoms with Crippen LogP contribution in [0.5, 0.6) is 0 Å². The van der Waals surface area contributed by atoms with Gasteiger partial charge in [0.05, 0.1) is 0 Å². The van der Waals surface area contributed by atoms with Gasteiger partial charge in [-0.3, -0.25) is 4.79 Å². The van der Waals surface area contributed by atoms with Crippen LogP contribution in [-0.4, -0.2) is 31.8 Å². The van der Waals surface area contributed by atoms with E-state index < -0.39 is 0 Å². The Hall–Kier alpha value is -1.09. The minimum Gasteiger partial charge on any atom is -0.381 e. The van der Waals surface area contributed by atoms with Crippen molar-refractivity contribution >= 4 is 6.29 Å². The Bertz CT molecular complexity index is 239. The van der Waals surface area contributed by atoms with Crippen LogP contribution in [0.2, 0.25) is 0 Å². The van der Waals surface area contributed by atoms with Gasteiger partial charge in [0.25, 0.3) is 0 Å². The lowest BCUT2D eigenvalue weighted by molar-refractivity contribution is -0.104. The van der Waals surface area contributed by atoms with Crippen molar-refractivity contribution < 1.29 is 4.79 Å². The number of allylic oxidation sites excluding steroid dienone is 3. The number of carbonyl (C=O) groups excluding carboxylic acids is 1. The van der Waals surface area contributed by atoms with Crippen molar-refractivity contribution in [3.05, 3.63) is 22.9 Å². The first-order valence-corrected chi connectivity index (χ1v) is 4.23. The highest BCUT2D eigenvalue weighted by Gasteiger charge is 1.98. The Balaban J connectivity index is 4.78. The van der Waals surface area contributed by atoms with Crippen molar-refractivity contribution in [1.29, 1.82) is 0 Å². The van der Waals surface area contributed by atoms with E-state index in [2.05, 4.69) is 0 Å². The molecular weight excluding hydrogens is 164 g/mol. The number of carbonyl (C=O) groups is 1. The highest BCUT2D eigenvalue weighted by molar-refractivity contribution is 5.76. The molecule has 3 nitrogen and oxygen atoms in total. The molecule has 0 aliphatic rings. The van der Waals surface area contributed by atoms with E-state index in [4.69, 9.17) is 5.73 Å². The molecule has 13 heavy (non-hydrogen) atoms. The molecule has 0 aliphatic carbocycles. The summed E-state index contributed by atoms with van der Waals surface area (Å²) in [7, 11) is 3.92. The summed E-state index contributed by atoms with van der Waals surface area (Å²) in [6.07, 6.45) is 2.77. The molecule has 0 atom stereocenters. The molecular formula is C10H18N2O.